The highest BCUT2D eigenvalue weighted by atomic mass is 32.2. The maximum Gasteiger partial charge on any atom is 0.296 e. The van der Waals surface area contributed by atoms with Gasteiger partial charge in [0.15, 0.2) is 0 Å². The van der Waals surface area contributed by atoms with E-state index >= 15 is 0 Å². The fraction of sp³-hybridized carbons (Fsp3) is 0. The van der Waals surface area contributed by atoms with Crippen LogP contribution in [0.4, 0.5) is 0 Å². The summed E-state index contributed by atoms with van der Waals surface area (Å²) in [7, 11) is -4.20. The van der Waals surface area contributed by atoms with Crippen molar-refractivity contribution in [1.82, 2.24) is 8.75 Å². The molecule has 0 saturated carbocycles. The molecule has 68 valence electrons. The monoisotopic (exact) mass is 216 g/mol. The molecule has 0 unspecified atom stereocenters. The Morgan fingerprint density at radius 3 is 2.77 bits per heavy atom. The number of hydrogen-bond donors (Lipinski definition) is 1. The van der Waals surface area contributed by atoms with E-state index in [1.54, 1.807) is 6.07 Å². The van der Waals surface area contributed by atoms with Gasteiger partial charge in [-0.15, -0.1) is 0 Å². The molecular formula is C6H4N2O3S2. The molecule has 1 aromatic carbocycles. The van der Waals surface area contributed by atoms with Crippen LogP contribution in [0.3, 0.4) is 0 Å². The third-order valence-electron chi connectivity index (χ3n) is 1.53. The van der Waals surface area contributed by atoms with E-state index in [1.165, 1.54) is 12.1 Å². The van der Waals surface area contributed by atoms with Crippen LogP contribution in [-0.2, 0) is 10.1 Å². The Morgan fingerprint density at radius 1 is 1.31 bits per heavy atom. The molecule has 1 heterocycles. The van der Waals surface area contributed by atoms with Gasteiger partial charge in [-0.05, 0) is 12.1 Å². The SMILES string of the molecule is O=S(=O)(O)c1cccc2nsnc12. The first-order chi connectivity index (χ1) is 6.09. The first-order valence-corrected chi connectivity index (χ1v) is 5.45. The molecule has 2 rings (SSSR count). The fourth-order valence-corrected chi connectivity index (χ4v) is 2.24. The van der Waals surface area contributed by atoms with Crippen LogP contribution in [0, 0.1) is 0 Å². The molecule has 0 amide bonds. The summed E-state index contributed by atoms with van der Waals surface area (Å²) < 4.78 is 38.1. The normalized spacial score (nSPS) is 12.1. The minimum absolute atomic E-state index is 0.196. The molecule has 0 atom stereocenters. The lowest BCUT2D eigenvalue weighted by Crippen LogP contribution is -1.98. The van der Waals surface area contributed by atoms with Crippen LogP contribution in [0.15, 0.2) is 23.1 Å². The smallest absolute Gasteiger partial charge is 0.282 e. The van der Waals surface area contributed by atoms with Crippen molar-refractivity contribution in [1.29, 1.82) is 0 Å². The zero-order valence-electron chi connectivity index (χ0n) is 6.21. The molecule has 0 aliphatic heterocycles. The van der Waals surface area contributed by atoms with Gasteiger partial charge in [-0.1, -0.05) is 6.07 Å². The van der Waals surface area contributed by atoms with Crippen LogP contribution in [0.25, 0.3) is 11.0 Å². The average molecular weight is 216 g/mol. The zero-order valence-corrected chi connectivity index (χ0v) is 7.84. The number of benzene rings is 1. The van der Waals surface area contributed by atoms with Crippen molar-refractivity contribution in [2.24, 2.45) is 0 Å². The van der Waals surface area contributed by atoms with Crippen LogP contribution in [0.5, 0.6) is 0 Å². The maximum absolute atomic E-state index is 10.8. The lowest BCUT2D eigenvalue weighted by molar-refractivity contribution is 0.484. The van der Waals surface area contributed by atoms with Crippen LogP contribution >= 0.6 is 11.7 Å². The van der Waals surface area contributed by atoms with Gasteiger partial charge in [-0.25, -0.2) is 0 Å². The lowest BCUT2D eigenvalue weighted by atomic mass is 10.3. The Balaban J connectivity index is 2.91. The molecule has 1 N–H and O–H groups in total. The number of aromatic nitrogens is 2. The predicted molar refractivity (Wildman–Crippen MR) is 47.2 cm³/mol. The molecule has 7 heteroatoms. The van der Waals surface area contributed by atoms with E-state index in [4.69, 9.17) is 4.55 Å². The molecule has 0 aliphatic carbocycles. The van der Waals surface area contributed by atoms with E-state index in [2.05, 4.69) is 8.75 Å². The van der Waals surface area contributed by atoms with E-state index in [1.807, 2.05) is 0 Å². The highest BCUT2D eigenvalue weighted by molar-refractivity contribution is 7.86. The summed E-state index contributed by atoms with van der Waals surface area (Å²) in [5, 5.41) is 0. The van der Waals surface area contributed by atoms with Gasteiger partial charge in [0, 0.05) is 0 Å². The molecule has 2 aromatic rings. The molecule has 0 saturated heterocycles. The molecule has 0 fully saturated rings. The van der Waals surface area contributed by atoms with Crippen molar-refractivity contribution in [2.75, 3.05) is 0 Å². The summed E-state index contributed by atoms with van der Waals surface area (Å²) in [4.78, 5) is -0.196. The number of rotatable bonds is 1. The number of hydrogen-bond acceptors (Lipinski definition) is 5. The second-order valence-electron chi connectivity index (χ2n) is 2.36. The predicted octanol–water partition coefficient (Wildman–Crippen LogP) is 0.938. The first kappa shape index (κ1) is 8.54. The third-order valence-corrected chi connectivity index (χ3v) is 2.95. The highest BCUT2D eigenvalue weighted by Crippen LogP contribution is 2.20. The van der Waals surface area contributed by atoms with Crippen molar-refractivity contribution >= 4 is 32.9 Å². The quantitative estimate of drug-likeness (QED) is 0.717. The van der Waals surface area contributed by atoms with E-state index < -0.39 is 10.1 Å². The van der Waals surface area contributed by atoms with Crippen molar-refractivity contribution in [3.63, 3.8) is 0 Å². The van der Waals surface area contributed by atoms with Gasteiger partial charge in [-0.3, -0.25) is 4.55 Å². The second kappa shape index (κ2) is 2.72. The molecule has 0 aliphatic rings. The van der Waals surface area contributed by atoms with E-state index in [0.29, 0.717) is 5.52 Å². The maximum atomic E-state index is 10.8. The van der Waals surface area contributed by atoms with Crippen LogP contribution in [0.1, 0.15) is 0 Å². The first-order valence-electron chi connectivity index (χ1n) is 3.28. The Kier molecular flexibility index (Phi) is 1.79. The molecular weight excluding hydrogens is 212 g/mol. The molecule has 5 nitrogen and oxygen atoms in total. The molecule has 1 aromatic heterocycles. The van der Waals surface area contributed by atoms with Crippen molar-refractivity contribution in [3.05, 3.63) is 18.2 Å². The van der Waals surface area contributed by atoms with Gasteiger partial charge < -0.3 is 0 Å². The second-order valence-corrected chi connectivity index (χ2v) is 4.28. The van der Waals surface area contributed by atoms with Crippen molar-refractivity contribution in [2.45, 2.75) is 4.90 Å². The van der Waals surface area contributed by atoms with Gasteiger partial charge in [0.05, 0.1) is 11.7 Å². The van der Waals surface area contributed by atoms with Crippen molar-refractivity contribution in [3.8, 4) is 0 Å². The number of fused-ring (bicyclic) bond motifs is 1. The summed E-state index contributed by atoms with van der Waals surface area (Å²) in [6.07, 6.45) is 0. The lowest BCUT2D eigenvalue weighted by Gasteiger charge is -1.95. The summed E-state index contributed by atoms with van der Waals surface area (Å²) >= 11 is 0.908. The van der Waals surface area contributed by atoms with Gasteiger partial charge in [-0.2, -0.15) is 17.2 Å². The summed E-state index contributed by atoms with van der Waals surface area (Å²) in [6, 6.07) is 4.43. The van der Waals surface area contributed by atoms with Gasteiger partial charge in [0.2, 0.25) is 0 Å². The number of nitrogens with zero attached hydrogens (tertiary/aromatic N) is 2. The van der Waals surface area contributed by atoms with Gasteiger partial charge in [0.25, 0.3) is 10.1 Å². The summed E-state index contributed by atoms with van der Waals surface area (Å²) in [6.45, 7) is 0. The Hall–Kier alpha value is -1.05. The Labute approximate surface area is 78.1 Å². The summed E-state index contributed by atoms with van der Waals surface area (Å²) in [5.41, 5.74) is 0.690. The van der Waals surface area contributed by atoms with Gasteiger partial charge in [0.1, 0.15) is 15.9 Å². The third kappa shape index (κ3) is 1.41. The standard InChI is InChI=1S/C6H4N2O3S2/c9-13(10,11)5-3-1-2-4-6(5)8-12-7-4/h1-3H,(H,9,10,11). The van der Waals surface area contributed by atoms with E-state index in [0.717, 1.165) is 11.7 Å². The largest absolute Gasteiger partial charge is 0.296 e. The zero-order chi connectivity index (χ0) is 9.47. The molecule has 0 radical (unpaired) electrons. The Bertz CT molecular complexity index is 546. The van der Waals surface area contributed by atoms with Gasteiger partial charge >= 0.3 is 0 Å². The van der Waals surface area contributed by atoms with Crippen molar-refractivity contribution < 1.29 is 13.0 Å². The van der Waals surface area contributed by atoms with Crippen LogP contribution < -0.4 is 0 Å². The minimum atomic E-state index is -4.20. The molecule has 0 bridgehead atoms. The molecule has 13 heavy (non-hydrogen) atoms. The highest BCUT2D eigenvalue weighted by Gasteiger charge is 2.15. The topological polar surface area (TPSA) is 80.2 Å². The van der Waals surface area contributed by atoms with E-state index in [-0.39, 0.29) is 10.4 Å². The fourth-order valence-electron chi connectivity index (χ4n) is 0.990. The van der Waals surface area contributed by atoms with Crippen LogP contribution in [-0.4, -0.2) is 21.7 Å². The van der Waals surface area contributed by atoms with Crippen LogP contribution in [0.2, 0.25) is 0 Å². The molecule has 0 spiro atoms. The van der Waals surface area contributed by atoms with E-state index in [9.17, 15) is 8.42 Å². The minimum Gasteiger partial charge on any atom is -0.282 e. The summed E-state index contributed by atoms with van der Waals surface area (Å²) in [5.74, 6) is 0. The Morgan fingerprint density at radius 2 is 2.08 bits per heavy atom. The average Bonchev–Trinajstić information content (AvgIpc) is 2.48.